The van der Waals surface area contributed by atoms with E-state index in [-0.39, 0.29) is 33.7 Å². The van der Waals surface area contributed by atoms with Gasteiger partial charge in [-0.2, -0.15) is 0 Å². The van der Waals surface area contributed by atoms with Gasteiger partial charge in [-0.25, -0.2) is 0 Å². The van der Waals surface area contributed by atoms with Gasteiger partial charge in [-0.15, -0.1) is 0 Å². The predicted molar refractivity (Wildman–Crippen MR) is 99.3 cm³/mol. The molecule has 2 N–H and O–H groups in total. The van der Waals surface area contributed by atoms with Gasteiger partial charge in [0, 0.05) is 30.4 Å². The van der Waals surface area contributed by atoms with Crippen LogP contribution < -0.4 is 5.32 Å². The van der Waals surface area contributed by atoms with Crippen LogP contribution >= 0.6 is 23.2 Å². The molecule has 2 aromatic rings. The molecule has 1 amide bonds. The molecule has 1 aliphatic rings. The number of hydrogen-bond acceptors (Lipinski definition) is 4. The summed E-state index contributed by atoms with van der Waals surface area (Å²) in [5, 5.41) is 13.3. The van der Waals surface area contributed by atoms with E-state index < -0.39 is 5.91 Å². The number of carbonyl (C=O) groups is 2. The van der Waals surface area contributed by atoms with Gasteiger partial charge in [0.25, 0.3) is 5.91 Å². The monoisotopic (exact) mass is 393 g/mol. The summed E-state index contributed by atoms with van der Waals surface area (Å²) in [7, 11) is 0. The summed E-state index contributed by atoms with van der Waals surface area (Å²) >= 11 is 12.1. The standard InChI is InChI=1S/C19H17Cl2NO4/c20-15-4-2-1-3-13(15)17(23)11-9-14(18(24)16(21)10-11)19(25)22-12-5-7-26-8-6-12/h1-4,9-10,12,24H,5-8H2,(H,22,25). The molecular weight excluding hydrogens is 377 g/mol. The summed E-state index contributed by atoms with van der Waals surface area (Å²) in [6.45, 7) is 1.14. The Balaban J connectivity index is 1.90. The molecule has 2 aromatic carbocycles. The first kappa shape index (κ1) is 18.7. The van der Waals surface area contributed by atoms with Gasteiger partial charge >= 0.3 is 0 Å². The number of benzene rings is 2. The zero-order chi connectivity index (χ0) is 18.7. The molecule has 1 aliphatic heterocycles. The lowest BCUT2D eigenvalue weighted by molar-refractivity contribution is 0.0695. The number of aromatic hydroxyl groups is 1. The minimum Gasteiger partial charge on any atom is -0.506 e. The number of ketones is 1. The molecule has 3 rings (SSSR count). The third-order valence-electron chi connectivity index (χ3n) is 4.25. The van der Waals surface area contributed by atoms with Crippen molar-refractivity contribution >= 4 is 34.9 Å². The Hall–Kier alpha value is -2.08. The Morgan fingerprint density at radius 1 is 1.04 bits per heavy atom. The normalized spacial score (nSPS) is 14.8. The van der Waals surface area contributed by atoms with Gasteiger partial charge in [-0.05, 0) is 37.1 Å². The van der Waals surface area contributed by atoms with E-state index in [1.165, 1.54) is 12.1 Å². The quantitative estimate of drug-likeness (QED) is 0.773. The van der Waals surface area contributed by atoms with E-state index in [4.69, 9.17) is 27.9 Å². The lowest BCUT2D eigenvalue weighted by Crippen LogP contribution is -2.39. The molecule has 1 saturated heterocycles. The smallest absolute Gasteiger partial charge is 0.255 e. The fourth-order valence-corrected chi connectivity index (χ4v) is 3.25. The van der Waals surface area contributed by atoms with Crippen LogP contribution in [0.3, 0.4) is 0 Å². The lowest BCUT2D eigenvalue weighted by Gasteiger charge is -2.23. The van der Waals surface area contributed by atoms with Crippen molar-refractivity contribution in [3.05, 3.63) is 63.1 Å². The van der Waals surface area contributed by atoms with E-state index in [2.05, 4.69) is 5.32 Å². The van der Waals surface area contributed by atoms with E-state index in [1.807, 2.05) is 0 Å². The van der Waals surface area contributed by atoms with E-state index >= 15 is 0 Å². The number of rotatable bonds is 4. The summed E-state index contributed by atoms with van der Waals surface area (Å²) < 4.78 is 5.26. The van der Waals surface area contributed by atoms with Gasteiger partial charge < -0.3 is 15.2 Å². The highest BCUT2D eigenvalue weighted by Gasteiger charge is 2.23. The Labute approximate surface area is 160 Å². The van der Waals surface area contributed by atoms with Gasteiger partial charge in [0.05, 0.1) is 15.6 Å². The fraction of sp³-hybridized carbons (Fsp3) is 0.263. The summed E-state index contributed by atoms with van der Waals surface area (Å²) in [4.78, 5) is 25.3. The maximum absolute atomic E-state index is 12.7. The van der Waals surface area contributed by atoms with Gasteiger partial charge in [-0.1, -0.05) is 35.3 Å². The number of carbonyl (C=O) groups excluding carboxylic acids is 2. The molecule has 0 atom stereocenters. The van der Waals surface area contributed by atoms with Crippen molar-refractivity contribution in [2.24, 2.45) is 0 Å². The molecule has 136 valence electrons. The molecule has 0 radical (unpaired) electrons. The third kappa shape index (κ3) is 4.01. The molecule has 26 heavy (non-hydrogen) atoms. The number of phenolic OH excluding ortho intramolecular Hbond substituents is 1. The first-order valence-electron chi connectivity index (χ1n) is 8.17. The number of phenols is 1. The van der Waals surface area contributed by atoms with Gasteiger partial charge in [0.2, 0.25) is 0 Å². The highest BCUT2D eigenvalue weighted by molar-refractivity contribution is 6.36. The first-order chi connectivity index (χ1) is 12.5. The van der Waals surface area contributed by atoms with Crippen molar-refractivity contribution in [1.29, 1.82) is 0 Å². The second-order valence-corrected chi connectivity index (χ2v) is 6.84. The second-order valence-electron chi connectivity index (χ2n) is 6.02. The number of amides is 1. The maximum atomic E-state index is 12.7. The van der Waals surface area contributed by atoms with Crippen LogP contribution in [0.25, 0.3) is 0 Å². The molecule has 0 aromatic heterocycles. The van der Waals surface area contributed by atoms with Gasteiger partial charge in [0.1, 0.15) is 5.75 Å². The number of hydrogen-bond donors (Lipinski definition) is 2. The highest BCUT2D eigenvalue weighted by atomic mass is 35.5. The number of ether oxygens (including phenoxy) is 1. The average molecular weight is 394 g/mol. The van der Waals surface area contributed by atoms with Crippen LogP contribution in [0.5, 0.6) is 5.75 Å². The second kappa shape index (κ2) is 8.08. The van der Waals surface area contributed by atoms with Crippen molar-refractivity contribution in [1.82, 2.24) is 5.32 Å². The molecule has 0 aliphatic carbocycles. The fourth-order valence-electron chi connectivity index (χ4n) is 2.81. The van der Waals surface area contributed by atoms with Crippen LogP contribution in [0.4, 0.5) is 0 Å². The minimum absolute atomic E-state index is 0.0422. The molecule has 5 nitrogen and oxygen atoms in total. The minimum atomic E-state index is -0.481. The van der Waals surface area contributed by atoms with Crippen LogP contribution in [-0.2, 0) is 4.74 Å². The highest BCUT2D eigenvalue weighted by Crippen LogP contribution is 2.31. The molecule has 0 bridgehead atoms. The van der Waals surface area contributed by atoms with Crippen LogP contribution in [0.2, 0.25) is 10.0 Å². The SMILES string of the molecule is O=C(c1cc(Cl)c(O)c(C(=O)NC2CCOCC2)c1)c1ccccc1Cl. The molecule has 0 saturated carbocycles. The summed E-state index contributed by atoms with van der Waals surface area (Å²) in [5.41, 5.74) is 0.434. The third-order valence-corrected chi connectivity index (χ3v) is 4.86. The van der Waals surface area contributed by atoms with E-state index in [0.717, 1.165) is 0 Å². The summed E-state index contributed by atoms with van der Waals surface area (Å²) in [6.07, 6.45) is 1.39. The molecule has 7 heteroatoms. The van der Waals surface area contributed by atoms with Crippen LogP contribution in [0, 0.1) is 0 Å². The van der Waals surface area contributed by atoms with Crippen molar-refractivity contribution in [2.75, 3.05) is 13.2 Å². The predicted octanol–water partition coefficient (Wildman–Crippen LogP) is 3.84. The molecule has 0 spiro atoms. The van der Waals surface area contributed by atoms with Crippen molar-refractivity contribution in [3.63, 3.8) is 0 Å². The van der Waals surface area contributed by atoms with Crippen LogP contribution in [-0.4, -0.2) is 36.1 Å². The van der Waals surface area contributed by atoms with Crippen molar-refractivity contribution in [2.45, 2.75) is 18.9 Å². The largest absolute Gasteiger partial charge is 0.506 e. The van der Waals surface area contributed by atoms with Crippen LogP contribution in [0.1, 0.15) is 39.1 Å². The Kier molecular flexibility index (Phi) is 5.81. The van der Waals surface area contributed by atoms with E-state index in [1.54, 1.807) is 24.3 Å². The average Bonchev–Trinajstić information content (AvgIpc) is 2.64. The van der Waals surface area contributed by atoms with Gasteiger partial charge in [0.15, 0.2) is 5.78 Å². The Bertz CT molecular complexity index is 847. The summed E-state index contributed by atoms with van der Waals surface area (Å²) in [6, 6.07) is 9.23. The molecule has 1 fully saturated rings. The zero-order valence-corrected chi connectivity index (χ0v) is 15.3. The zero-order valence-electron chi connectivity index (χ0n) is 13.8. The number of halogens is 2. The van der Waals surface area contributed by atoms with Gasteiger partial charge in [-0.3, -0.25) is 9.59 Å². The first-order valence-corrected chi connectivity index (χ1v) is 8.93. The molecular formula is C19H17Cl2NO4. The van der Waals surface area contributed by atoms with E-state index in [9.17, 15) is 14.7 Å². The van der Waals surface area contributed by atoms with Crippen molar-refractivity contribution < 1.29 is 19.4 Å². The number of nitrogens with one attached hydrogen (secondary N) is 1. The maximum Gasteiger partial charge on any atom is 0.255 e. The molecule has 1 heterocycles. The lowest BCUT2D eigenvalue weighted by atomic mass is 10.00. The Morgan fingerprint density at radius 2 is 1.73 bits per heavy atom. The topological polar surface area (TPSA) is 75.6 Å². The summed E-state index contributed by atoms with van der Waals surface area (Å²) in [5.74, 6) is -1.21. The van der Waals surface area contributed by atoms with E-state index in [0.29, 0.717) is 36.6 Å². The Morgan fingerprint density at radius 3 is 2.42 bits per heavy atom. The van der Waals surface area contributed by atoms with Crippen LogP contribution in [0.15, 0.2) is 36.4 Å². The molecule has 0 unspecified atom stereocenters. The van der Waals surface area contributed by atoms with Crippen molar-refractivity contribution in [3.8, 4) is 5.75 Å².